The number of para-hydroxylation sites is 1. The first-order valence-electron chi connectivity index (χ1n) is 8.80. The summed E-state index contributed by atoms with van der Waals surface area (Å²) >= 11 is 3.65. The van der Waals surface area contributed by atoms with Crippen molar-refractivity contribution in [1.82, 2.24) is 4.90 Å². The zero-order chi connectivity index (χ0) is 17.8. The number of hydrogen-bond donors (Lipinski definition) is 0. The molecule has 1 fully saturated rings. The Morgan fingerprint density at radius 1 is 1.04 bits per heavy atom. The molecule has 0 N–H and O–H groups in total. The molecule has 0 spiro atoms. The van der Waals surface area contributed by atoms with E-state index in [2.05, 4.69) is 63.8 Å². The van der Waals surface area contributed by atoms with Crippen molar-refractivity contribution in [2.75, 3.05) is 37.6 Å². The van der Waals surface area contributed by atoms with Crippen LogP contribution in [0, 0.1) is 25.2 Å². The van der Waals surface area contributed by atoms with E-state index in [1.807, 2.05) is 18.2 Å². The number of piperazine rings is 1. The monoisotopic (exact) mass is 397 g/mol. The SMILES string of the molecule is Cc1cc(C)c(CCN2CCN(c3ccccc3C#N)CC2)cc1Br. The zero-order valence-corrected chi connectivity index (χ0v) is 16.5. The summed E-state index contributed by atoms with van der Waals surface area (Å²) in [6, 6.07) is 14.7. The normalized spacial score (nSPS) is 15.2. The number of nitrogens with zero attached hydrogens (tertiary/aromatic N) is 3. The number of nitriles is 1. The summed E-state index contributed by atoms with van der Waals surface area (Å²) in [5.74, 6) is 0. The number of rotatable bonds is 4. The lowest BCUT2D eigenvalue weighted by molar-refractivity contribution is 0.261. The molecule has 0 atom stereocenters. The van der Waals surface area contributed by atoms with E-state index in [1.54, 1.807) is 0 Å². The first-order valence-corrected chi connectivity index (χ1v) is 9.60. The van der Waals surface area contributed by atoms with Crippen LogP contribution < -0.4 is 4.90 Å². The van der Waals surface area contributed by atoms with Gasteiger partial charge in [0.1, 0.15) is 6.07 Å². The molecule has 1 aliphatic rings. The van der Waals surface area contributed by atoms with Gasteiger partial charge in [-0.3, -0.25) is 4.90 Å². The van der Waals surface area contributed by atoms with Gasteiger partial charge in [-0.05, 0) is 55.2 Å². The topological polar surface area (TPSA) is 30.3 Å². The Kier molecular flexibility index (Phi) is 5.78. The Hall–Kier alpha value is -1.83. The van der Waals surface area contributed by atoms with Gasteiger partial charge in [-0.15, -0.1) is 0 Å². The van der Waals surface area contributed by atoms with Crippen molar-refractivity contribution in [3.8, 4) is 6.07 Å². The highest BCUT2D eigenvalue weighted by molar-refractivity contribution is 9.10. The van der Waals surface area contributed by atoms with Crippen molar-refractivity contribution in [2.45, 2.75) is 20.3 Å². The smallest absolute Gasteiger partial charge is 0.101 e. The van der Waals surface area contributed by atoms with Gasteiger partial charge in [0.2, 0.25) is 0 Å². The Morgan fingerprint density at radius 3 is 2.48 bits per heavy atom. The van der Waals surface area contributed by atoms with Crippen molar-refractivity contribution in [1.29, 1.82) is 5.26 Å². The average molecular weight is 398 g/mol. The second-order valence-electron chi connectivity index (χ2n) is 6.74. The lowest BCUT2D eigenvalue weighted by Gasteiger charge is -2.36. The number of hydrogen-bond acceptors (Lipinski definition) is 3. The van der Waals surface area contributed by atoms with E-state index in [1.165, 1.54) is 21.2 Å². The van der Waals surface area contributed by atoms with Gasteiger partial charge < -0.3 is 4.90 Å². The Bertz CT molecular complexity index is 786. The summed E-state index contributed by atoms with van der Waals surface area (Å²) in [5, 5.41) is 9.29. The molecule has 0 saturated carbocycles. The van der Waals surface area contributed by atoms with Crippen LogP contribution in [0.2, 0.25) is 0 Å². The van der Waals surface area contributed by atoms with E-state index in [4.69, 9.17) is 0 Å². The molecule has 0 aliphatic carbocycles. The molecule has 2 aromatic rings. The summed E-state index contributed by atoms with van der Waals surface area (Å²) in [7, 11) is 0. The third-order valence-corrected chi connectivity index (χ3v) is 5.91. The van der Waals surface area contributed by atoms with Crippen LogP contribution >= 0.6 is 15.9 Å². The first kappa shape index (κ1) is 18.0. The summed E-state index contributed by atoms with van der Waals surface area (Å²) in [6.07, 6.45) is 1.08. The summed E-state index contributed by atoms with van der Waals surface area (Å²) in [6.45, 7) is 9.48. The third kappa shape index (κ3) is 4.23. The molecule has 3 nitrogen and oxygen atoms in total. The number of halogens is 1. The molecule has 4 heteroatoms. The molecule has 1 aliphatic heterocycles. The van der Waals surface area contributed by atoms with Gasteiger partial charge in [0.25, 0.3) is 0 Å². The maximum absolute atomic E-state index is 9.29. The predicted octanol–water partition coefficient (Wildman–Crippen LogP) is 4.30. The van der Waals surface area contributed by atoms with E-state index in [0.717, 1.165) is 50.4 Å². The minimum atomic E-state index is 0.774. The molecule has 0 bridgehead atoms. The molecule has 25 heavy (non-hydrogen) atoms. The van der Waals surface area contributed by atoms with Crippen molar-refractivity contribution in [2.24, 2.45) is 0 Å². The van der Waals surface area contributed by atoms with E-state index < -0.39 is 0 Å². The maximum atomic E-state index is 9.29. The molecule has 1 saturated heterocycles. The molecule has 1 heterocycles. The molecule has 0 radical (unpaired) electrons. The molecule has 0 unspecified atom stereocenters. The Labute approximate surface area is 159 Å². The lowest BCUT2D eigenvalue weighted by Crippen LogP contribution is -2.47. The fraction of sp³-hybridized carbons (Fsp3) is 0.381. The van der Waals surface area contributed by atoms with Crippen LogP contribution in [0.25, 0.3) is 0 Å². The van der Waals surface area contributed by atoms with Crippen molar-refractivity contribution in [3.05, 3.63) is 63.1 Å². The van der Waals surface area contributed by atoms with E-state index >= 15 is 0 Å². The van der Waals surface area contributed by atoms with Crippen LogP contribution in [-0.2, 0) is 6.42 Å². The molecule has 0 aromatic heterocycles. The van der Waals surface area contributed by atoms with Gasteiger partial charge in [-0.1, -0.05) is 34.1 Å². The van der Waals surface area contributed by atoms with Crippen LogP contribution in [0.15, 0.2) is 40.9 Å². The third-order valence-electron chi connectivity index (χ3n) is 5.05. The Morgan fingerprint density at radius 2 is 1.76 bits per heavy atom. The maximum Gasteiger partial charge on any atom is 0.101 e. The zero-order valence-electron chi connectivity index (χ0n) is 14.9. The minimum Gasteiger partial charge on any atom is -0.368 e. The standard InChI is InChI=1S/C21H24BrN3/c1-16-13-17(2)20(22)14-18(16)7-8-24-9-11-25(12-10-24)21-6-4-3-5-19(21)15-23/h3-6,13-14H,7-12H2,1-2H3. The summed E-state index contributed by atoms with van der Waals surface area (Å²) in [5.41, 5.74) is 5.95. The van der Waals surface area contributed by atoms with Crippen LogP contribution in [0.4, 0.5) is 5.69 Å². The van der Waals surface area contributed by atoms with Crippen molar-refractivity contribution >= 4 is 21.6 Å². The van der Waals surface area contributed by atoms with Crippen molar-refractivity contribution < 1.29 is 0 Å². The molecular weight excluding hydrogens is 374 g/mol. The fourth-order valence-electron chi connectivity index (χ4n) is 3.47. The molecule has 3 rings (SSSR count). The van der Waals surface area contributed by atoms with Gasteiger partial charge in [0.15, 0.2) is 0 Å². The highest BCUT2D eigenvalue weighted by atomic mass is 79.9. The van der Waals surface area contributed by atoms with Gasteiger partial charge in [-0.2, -0.15) is 5.26 Å². The van der Waals surface area contributed by atoms with Crippen LogP contribution in [0.1, 0.15) is 22.3 Å². The fourth-order valence-corrected chi connectivity index (χ4v) is 3.86. The van der Waals surface area contributed by atoms with E-state index in [9.17, 15) is 5.26 Å². The number of anilines is 1. The first-order chi connectivity index (χ1) is 12.1. The van der Waals surface area contributed by atoms with Crippen LogP contribution in [0.3, 0.4) is 0 Å². The molecular formula is C21H24BrN3. The van der Waals surface area contributed by atoms with Gasteiger partial charge in [0, 0.05) is 37.2 Å². The summed E-state index contributed by atoms with van der Waals surface area (Å²) in [4.78, 5) is 4.86. The predicted molar refractivity (Wildman–Crippen MR) is 107 cm³/mol. The second-order valence-corrected chi connectivity index (χ2v) is 7.59. The number of aryl methyl sites for hydroxylation is 2. The van der Waals surface area contributed by atoms with Gasteiger partial charge >= 0.3 is 0 Å². The quantitative estimate of drug-likeness (QED) is 0.769. The highest BCUT2D eigenvalue weighted by Gasteiger charge is 2.19. The molecule has 2 aromatic carbocycles. The molecule has 0 amide bonds. The highest BCUT2D eigenvalue weighted by Crippen LogP contribution is 2.23. The van der Waals surface area contributed by atoms with Gasteiger partial charge in [-0.25, -0.2) is 0 Å². The van der Waals surface area contributed by atoms with Crippen LogP contribution in [0.5, 0.6) is 0 Å². The largest absolute Gasteiger partial charge is 0.368 e. The average Bonchev–Trinajstić information content (AvgIpc) is 2.64. The minimum absolute atomic E-state index is 0.774. The van der Waals surface area contributed by atoms with Crippen molar-refractivity contribution in [3.63, 3.8) is 0 Å². The lowest BCUT2D eigenvalue weighted by atomic mass is 10.0. The van der Waals surface area contributed by atoms with Crippen LogP contribution in [-0.4, -0.2) is 37.6 Å². The second kappa shape index (κ2) is 8.03. The van der Waals surface area contributed by atoms with Gasteiger partial charge in [0.05, 0.1) is 11.3 Å². The molecule has 130 valence electrons. The number of benzene rings is 2. The van der Waals surface area contributed by atoms with E-state index in [-0.39, 0.29) is 0 Å². The van der Waals surface area contributed by atoms with E-state index in [0.29, 0.717) is 0 Å². The Balaban J connectivity index is 1.57. The summed E-state index contributed by atoms with van der Waals surface area (Å²) < 4.78 is 1.20.